The van der Waals surface area contributed by atoms with E-state index in [2.05, 4.69) is 11.6 Å². The Morgan fingerprint density at radius 2 is 1.48 bits per heavy atom. The molecule has 0 saturated carbocycles. The lowest BCUT2D eigenvalue weighted by molar-refractivity contribution is -0.137. The van der Waals surface area contributed by atoms with Gasteiger partial charge in [-0.15, -0.1) is 18.2 Å². The zero-order chi connectivity index (χ0) is 23.2. The topological polar surface area (TPSA) is 20.7 Å². The molecule has 2 heterocycles. The van der Waals surface area contributed by atoms with Gasteiger partial charge in [0.25, 0.3) is 0 Å². The van der Waals surface area contributed by atoms with Gasteiger partial charge in [-0.1, -0.05) is 54.6 Å². The smallest absolute Gasteiger partial charge is 0.361 e. The summed E-state index contributed by atoms with van der Waals surface area (Å²) in [6, 6.07) is 20.7. The van der Waals surface area contributed by atoms with E-state index >= 15 is 0 Å². The lowest BCUT2D eigenvalue weighted by Crippen LogP contribution is -2.22. The third kappa shape index (κ3) is 3.44. The zero-order valence-electron chi connectivity index (χ0n) is 17.5. The number of para-hydroxylation sites is 2. The number of fused-ring (bicyclic) bond motifs is 2. The van der Waals surface area contributed by atoms with Gasteiger partial charge in [-0.25, -0.2) is 0 Å². The number of benzene rings is 3. The molecule has 2 aromatic heterocycles. The summed E-state index contributed by atoms with van der Waals surface area (Å²) in [5.41, 5.74) is 3.30. The maximum atomic E-state index is 13.3. The molecule has 0 amide bonds. The Morgan fingerprint density at radius 3 is 2.18 bits per heavy atom. The van der Waals surface area contributed by atoms with Crippen molar-refractivity contribution in [3.8, 4) is 0 Å². The molecular formula is C27H20ClF3N2. The summed E-state index contributed by atoms with van der Waals surface area (Å²) in [5, 5.41) is 1.84. The highest BCUT2D eigenvalue weighted by Crippen LogP contribution is 2.49. The van der Waals surface area contributed by atoms with Crippen LogP contribution >= 0.6 is 11.6 Å². The van der Waals surface area contributed by atoms with E-state index in [0.717, 1.165) is 45.1 Å². The van der Waals surface area contributed by atoms with Crippen LogP contribution < -0.4 is 0 Å². The first-order chi connectivity index (χ1) is 15.8. The molecule has 166 valence electrons. The normalized spacial score (nSPS) is 13.9. The lowest BCUT2D eigenvalue weighted by atomic mass is 9.83. The van der Waals surface area contributed by atoms with E-state index in [1.54, 1.807) is 6.08 Å². The summed E-state index contributed by atoms with van der Waals surface area (Å²) in [6.07, 6.45) is 1.19. The van der Waals surface area contributed by atoms with Crippen molar-refractivity contribution < 1.29 is 13.2 Å². The summed E-state index contributed by atoms with van der Waals surface area (Å²) in [5.74, 6) is 0. The van der Waals surface area contributed by atoms with Crippen molar-refractivity contribution in [1.82, 2.24) is 9.55 Å². The van der Waals surface area contributed by atoms with E-state index in [9.17, 15) is 13.2 Å². The van der Waals surface area contributed by atoms with E-state index in [4.69, 9.17) is 11.6 Å². The van der Waals surface area contributed by atoms with Crippen molar-refractivity contribution in [3.63, 3.8) is 0 Å². The highest BCUT2D eigenvalue weighted by molar-refractivity contribution is 6.30. The van der Waals surface area contributed by atoms with Crippen LogP contribution in [0.25, 0.3) is 21.8 Å². The summed E-state index contributed by atoms with van der Waals surface area (Å²) in [7, 11) is 0. The molecule has 3 aromatic carbocycles. The van der Waals surface area contributed by atoms with Crippen molar-refractivity contribution in [2.45, 2.75) is 17.6 Å². The van der Waals surface area contributed by atoms with Gasteiger partial charge in [0.2, 0.25) is 0 Å². The van der Waals surface area contributed by atoms with Crippen LogP contribution in [-0.4, -0.2) is 9.55 Å². The number of halogens is 4. The first kappa shape index (κ1) is 21.4. The first-order valence-corrected chi connectivity index (χ1v) is 10.8. The van der Waals surface area contributed by atoms with Gasteiger partial charge in [0.15, 0.2) is 0 Å². The number of hydrogen-bond donors (Lipinski definition) is 1. The average Bonchev–Trinajstić information content (AvgIpc) is 3.41. The zero-order valence-corrected chi connectivity index (χ0v) is 18.3. The number of rotatable bonds is 5. The molecule has 0 saturated heterocycles. The molecule has 1 unspecified atom stereocenters. The van der Waals surface area contributed by atoms with Gasteiger partial charge in [-0.3, -0.25) is 0 Å². The second-order valence-corrected chi connectivity index (χ2v) is 8.55. The third-order valence-corrected chi connectivity index (χ3v) is 6.68. The van der Waals surface area contributed by atoms with E-state index in [1.807, 2.05) is 65.5 Å². The number of H-pyrrole nitrogens is 1. The fraction of sp³-hybridized carbons (Fsp3) is 0.111. The average molecular weight is 465 g/mol. The Bertz CT molecular complexity index is 1460. The molecule has 2 nitrogen and oxygen atoms in total. The van der Waals surface area contributed by atoms with Gasteiger partial charge in [-0.2, -0.15) is 13.2 Å². The number of nitrogens with zero attached hydrogens (tertiary/aromatic N) is 1. The van der Waals surface area contributed by atoms with Crippen LogP contribution in [-0.2, 0) is 17.6 Å². The largest absolute Gasteiger partial charge is 0.416 e. The SMILES string of the molecule is C=CCn1cc(C(Cl)(c2ccc(C(F)(F)F)cc2)c2c[nH]c3ccccc23)c2ccccc21. The summed E-state index contributed by atoms with van der Waals surface area (Å²) in [4.78, 5) is 2.04. The van der Waals surface area contributed by atoms with Gasteiger partial charge < -0.3 is 9.55 Å². The molecule has 6 heteroatoms. The van der Waals surface area contributed by atoms with Crippen LogP contribution in [0.15, 0.2) is 97.8 Å². The molecular weight excluding hydrogens is 445 g/mol. The minimum atomic E-state index is -4.42. The standard InChI is InChI=1S/C27H20ClF3N2/c1-2-15-33-17-23(21-8-4-6-10-25(21)33)26(28,18-11-13-19(14-12-18)27(29,30)31)22-16-32-24-9-5-3-7-20(22)24/h2-14,16-17,32H,1,15H2. The molecule has 0 radical (unpaired) electrons. The van der Waals surface area contributed by atoms with E-state index in [0.29, 0.717) is 12.1 Å². The monoisotopic (exact) mass is 464 g/mol. The van der Waals surface area contributed by atoms with E-state index < -0.39 is 16.6 Å². The molecule has 0 aliphatic carbocycles. The second kappa shape index (κ2) is 7.85. The van der Waals surface area contributed by atoms with Crippen LogP contribution in [0.4, 0.5) is 13.2 Å². The number of hydrogen-bond acceptors (Lipinski definition) is 0. The van der Waals surface area contributed by atoms with Crippen LogP contribution in [0.5, 0.6) is 0 Å². The minimum Gasteiger partial charge on any atom is -0.361 e. The molecule has 1 N–H and O–H groups in total. The quantitative estimate of drug-likeness (QED) is 0.202. The maximum absolute atomic E-state index is 13.3. The summed E-state index contributed by atoms with van der Waals surface area (Å²) >= 11 is 7.55. The molecule has 1 atom stereocenters. The van der Waals surface area contributed by atoms with Gasteiger partial charge in [0.05, 0.1) is 5.56 Å². The lowest BCUT2D eigenvalue weighted by Gasteiger charge is -2.28. The number of alkyl halides is 4. The second-order valence-electron chi connectivity index (χ2n) is 7.98. The van der Waals surface area contributed by atoms with Gasteiger partial charge in [-0.05, 0) is 29.8 Å². The minimum absolute atomic E-state index is 0.559. The van der Waals surface area contributed by atoms with Crippen LogP contribution in [0.2, 0.25) is 0 Å². The Morgan fingerprint density at radius 1 is 0.848 bits per heavy atom. The number of aromatic nitrogens is 2. The van der Waals surface area contributed by atoms with Crippen LogP contribution in [0.1, 0.15) is 22.3 Å². The fourth-order valence-electron chi connectivity index (χ4n) is 4.51. The number of aromatic amines is 1. The highest BCUT2D eigenvalue weighted by atomic mass is 35.5. The van der Waals surface area contributed by atoms with Crippen molar-refractivity contribution >= 4 is 33.4 Å². The Balaban J connectivity index is 1.83. The Labute approximate surface area is 193 Å². The molecule has 0 bridgehead atoms. The summed E-state index contributed by atoms with van der Waals surface area (Å²) < 4.78 is 41.8. The van der Waals surface area contributed by atoms with E-state index in [1.165, 1.54) is 12.1 Å². The maximum Gasteiger partial charge on any atom is 0.416 e. The van der Waals surface area contributed by atoms with Crippen molar-refractivity contribution in [1.29, 1.82) is 0 Å². The van der Waals surface area contributed by atoms with Crippen molar-refractivity contribution in [2.75, 3.05) is 0 Å². The molecule has 5 rings (SSSR count). The number of nitrogens with one attached hydrogen (secondary N) is 1. The molecule has 0 spiro atoms. The molecule has 33 heavy (non-hydrogen) atoms. The Kier molecular flexibility index (Phi) is 5.09. The predicted molar refractivity (Wildman–Crippen MR) is 128 cm³/mol. The molecule has 0 aliphatic rings. The van der Waals surface area contributed by atoms with Gasteiger partial charge in [0, 0.05) is 51.9 Å². The fourth-order valence-corrected chi connectivity index (χ4v) is 4.95. The Hall–Kier alpha value is -3.44. The molecule has 0 aliphatic heterocycles. The van der Waals surface area contributed by atoms with Crippen LogP contribution in [0.3, 0.4) is 0 Å². The van der Waals surface area contributed by atoms with E-state index in [-0.39, 0.29) is 0 Å². The third-order valence-electron chi connectivity index (χ3n) is 6.06. The first-order valence-electron chi connectivity index (χ1n) is 10.5. The number of allylic oxidation sites excluding steroid dienone is 1. The van der Waals surface area contributed by atoms with Crippen LogP contribution in [0, 0.1) is 0 Å². The molecule has 5 aromatic rings. The van der Waals surface area contributed by atoms with Crippen molar-refractivity contribution in [3.05, 3.63) is 120 Å². The van der Waals surface area contributed by atoms with Gasteiger partial charge in [0.1, 0.15) is 4.87 Å². The van der Waals surface area contributed by atoms with Gasteiger partial charge >= 0.3 is 6.18 Å². The highest BCUT2D eigenvalue weighted by Gasteiger charge is 2.39. The summed E-state index contributed by atoms with van der Waals surface area (Å²) in [6.45, 7) is 4.43. The molecule has 0 fully saturated rings. The van der Waals surface area contributed by atoms with Crippen molar-refractivity contribution in [2.24, 2.45) is 0 Å². The predicted octanol–water partition coefficient (Wildman–Crippen LogP) is 7.86.